The highest BCUT2D eigenvalue weighted by atomic mass is 35.5. The molecule has 112 valence electrons. The second-order valence-electron chi connectivity index (χ2n) is 5.85. The van der Waals surface area contributed by atoms with Crippen LogP contribution in [0.4, 0.5) is 5.69 Å². The zero-order valence-electron chi connectivity index (χ0n) is 11.8. The zero-order valence-corrected chi connectivity index (χ0v) is 12.6. The van der Waals surface area contributed by atoms with Crippen LogP contribution >= 0.6 is 11.6 Å². The predicted octanol–water partition coefficient (Wildman–Crippen LogP) is 2.75. The van der Waals surface area contributed by atoms with Gasteiger partial charge in [0, 0.05) is 19.0 Å². The number of carbonyl (C=O) groups is 2. The number of anilines is 1. The summed E-state index contributed by atoms with van der Waals surface area (Å²) in [7, 11) is 0. The highest BCUT2D eigenvalue weighted by molar-refractivity contribution is 6.33. The summed E-state index contributed by atoms with van der Waals surface area (Å²) in [4.78, 5) is 26.1. The largest absolute Gasteiger partial charge is 0.353 e. The van der Waals surface area contributed by atoms with Crippen molar-refractivity contribution in [1.82, 2.24) is 5.32 Å². The lowest BCUT2D eigenvalue weighted by atomic mass is 10.1. The van der Waals surface area contributed by atoms with E-state index in [-0.39, 0.29) is 24.2 Å². The van der Waals surface area contributed by atoms with Crippen molar-refractivity contribution >= 4 is 29.1 Å². The second kappa shape index (κ2) is 6.06. The quantitative estimate of drug-likeness (QED) is 0.933. The van der Waals surface area contributed by atoms with E-state index in [0.29, 0.717) is 23.3 Å². The lowest BCUT2D eigenvalue weighted by Crippen LogP contribution is -2.38. The average molecular weight is 307 g/mol. The molecule has 1 heterocycles. The summed E-state index contributed by atoms with van der Waals surface area (Å²) in [5, 5.41) is 3.62. The molecular formula is C16H19ClN2O2. The van der Waals surface area contributed by atoms with E-state index in [1.165, 1.54) is 12.8 Å². The maximum absolute atomic E-state index is 12.3. The number of carbonyl (C=O) groups excluding carboxylic acids is 2. The summed E-state index contributed by atoms with van der Waals surface area (Å²) in [5.41, 5.74) is 0.695. The molecule has 1 atom stereocenters. The van der Waals surface area contributed by atoms with Crippen LogP contribution in [0.25, 0.3) is 0 Å². The Balaban J connectivity index is 1.67. The Hall–Kier alpha value is -1.55. The van der Waals surface area contributed by atoms with Crippen molar-refractivity contribution in [3.8, 4) is 0 Å². The van der Waals surface area contributed by atoms with Gasteiger partial charge in [-0.05, 0) is 25.0 Å². The van der Waals surface area contributed by atoms with Gasteiger partial charge in [-0.25, -0.2) is 0 Å². The highest BCUT2D eigenvalue weighted by Crippen LogP contribution is 2.31. The van der Waals surface area contributed by atoms with E-state index in [9.17, 15) is 9.59 Å². The van der Waals surface area contributed by atoms with E-state index >= 15 is 0 Å². The van der Waals surface area contributed by atoms with Crippen molar-refractivity contribution in [2.45, 2.75) is 38.1 Å². The third-order valence-corrected chi connectivity index (χ3v) is 4.66. The third kappa shape index (κ3) is 3.05. The Morgan fingerprint density at radius 2 is 1.95 bits per heavy atom. The third-order valence-electron chi connectivity index (χ3n) is 4.34. The molecule has 5 heteroatoms. The number of hydrogen-bond donors (Lipinski definition) is 1. The fourth-order valence-electron chi connectivity index (χ4n) is 3.18. The molecule has 1 aromatic rings. The lowest BCUT2D eigenvalue weighted by Gasteiger charge is -2.19. The summed E-state index contributed by atoms with van der Waals surface area (Å²) >= 11 is 6.14. The summed E-state index contributed by atoms with van der Waals surface area (Å²) < 4.78 is 0. The van der Waals surface area contributed by atoms with E-state index < -0.39 is 0 Å². The van der Waals surface area contributed by atoms with Crippen LogP contribution in [0.3, 0.4) is 0 Å². The number of hydrogen-bond acceptors (Lipinski definition) is 2. The van der Waals surface area contributed by atoms with E-state index in [1.807, 2.05) is 18.2 Å². The SMILES string of the molecule is O=C(NC1CCCC1)[C@@H]1CC(=O)N(c2ccccc2Cl)C1. The molecule has 0 spiro atoms. The average Bonchev–Trinajstić information content (AvgIpc) is 3.09. The molecule has 2 fully saturated rings. The lowest BCUT2D eigenvalue weighted by molar-refractivity contribution is -0.126. The standard InChI is InChI=1S/C16H19ClN2O2/c17-13-7-3-4-8-14(13)19-10-11(9-15(19)20)16(21)18-12-5-1-2-6-12/h3-4,7-8,11-12H,1-2,5-6,9-10H2,(H,18,21)/t11-/m1/s1. The van der Waals surface area contributed by atoms with Crippen LogP contribution in [0.5, 0.6) is 0 Å². The number of benzene rings is 1. The highest BCUT2D eigenvalue weighted by Gasteiger charge is 2.36. The molecule has 1 aliphatic carbocycles. The van der Waals surface area contributed by atoms with Crippen molar-refractivity contribution in [1.29, 1.82) is 0 Å². The van der Waals surface area contributed by atoms with E-state index in [2.05, 4.69) is 5.32 Å². The van der Waals surface area contributed by atoms with Crippen molar-refractivity contribution in [3.05, 3.63) is 29.3 Å². The normalized spacial score (nSPS) is 22.8. The summed E-state index contributed by atoms with van der Waals surface area (Å²) in [6.07, 6.45) is 4.74. The molecule has 3 rings (SSSR count). The minimum atomic E-state index is -0.269. The monoisotopic (exact) mass is 306 g/mol. The molecule has 0 aromatic heterocycles. The van der Waals surface area contributed by atoms with Gasteiger partial charge in [-0.1, -0.05) is 36.6 Å². The molecule has 2 amide bonds. The molecule has 0 unspecified atom stereocenters. The number of halogens is 1. The maximum atomic E-state index is 12.3. The molecule has 21 heavy (non-hydrogen) atoms. The number of rotatable bonds is 3. The number of nitrogens with zero attached hydrogens (tertiary/aromatic N) is 1. The van der Waals surface area contributed by atoms with Crippen LogP contribution in [0.1, 0.15) is 32.1 Å². The topological polar surface area (TPSA) is 49.4 Å². The fourth-order valence-corrected chi connectivity index (χ4v) is 3.41. The van der Waals surface area contributed by atoms with Gasteiger partial charge < -0.3 is 10.2 Å². The van der Waals surface area contributed by atoms with Gasteiger partial charge in [0.2, 0.25) is 11.8 Å². The first-order valence-corrected chi connectivity index (χ1v) is 7.88. The molecule has 1 aromatic carbocycles. The van der Waals surface area contributed by atoms with Crippen molar-refractivity contribution in [3.63, 3.8) is 0 Å². The minimum absolute atomic E-state index is 0.00445. The number of para-hydroxylation sites is 1. The molecule has 2 aliphatic rings. The van der Waals surface area contributed by atoms with E-state index in [4.69, 9.17) is 11.6 Å². The molecule has 0 radical (unpaired) electrons. The van der Waals surface area contributed by atoms with Gasteiger partial charge in [0.1, 0.15) is 0 Å². The van der Waals surface area contributed by atoms with Gasteiger partial charge in [-0.2, -0.15) is 0 Å². The summed E-state index contributed by atoms with van der Waals surface area (Å²) in [6, 6.07) is 7.55. The first-order valence-electron chi connectivity index (χ1n) is 7.50. The van der Waals surface area contributed by atoms with Crippen LogP contribution < -0.4 is 10.2 Å². The van der Waals surface area contributed by atoms with Crippen LogP contribution in [-0.4, -0.2) is 24.4 Å². The van der Waals surface area contributed by atoms with Crippen molar-refractivity contribution in [2.75, 3.05) is 11.4 Å². The number of amides is 2. The van der Waals surface area contributed by atoms with Crippen LogP contribution in [0.15, 0.2) is 24.3 Å². The molecular weight excluding hydrogens is 288 g/mol. The Morgan fingerprint density at radius 3 is 2.67 bits per heavy atom. The smallest absolute Gasteiger partial charge is 0.227 e. The minimum Gasteiger partial charge on any atom is -0.353 e. The van der Waals surface area contributed by atoms with Gasteiger partial charge in [0.25, 0.3) is 0 Å². The molecule has 0 bridgehead atoms. The molecule has 1 saturated carbocycles. The Morgan fingerprint density at radius 1 is 1.24 bits per heavy atom. The molecule has 1 saturated heterocycles. The van der Waals surface area contributed by atoms with Gasteiger partial charge in [-0.15, -0.1) is 0 Å². The molecule has 1 N–H and O–H groups in total. The Kier molecular flexibility index (Phi) is 4.15. The summed E-state index contributed by atoms with van der Waals surface area (Å²) in [6.45, 7) is 0.418. The first-order chi connectivity index (χ1) is 10.1. The van der Waals surface area contributed by atoms with Gasteiger partial charge in [0.15, 0.2) is 0 Å². The Bertz CT molecular complexity index is 555. The second-order valence-corrected chi connectivity index (χ2v) is 6.25. The maximum Gasteiger partial charge on any atom is 0.227 e. The van der Waals surface area contributed by atoms with Gasteiger partial charge in [0.05, 0.1) is 16.6 Å². The van der Waals surface area contributed by atoms with Gasteiger partial charge in [-0.3, -0.25) is 9.59 Å². The van der Waals surface area contributed by atoms with Crippen LogP contribution in [0.2, 0.25) is 5.02 Å². The molecule has 1 aliphatic heterocycles. The zero-order chi connectivity index (χ0) is 14.8. The first kappa shape index (κ1) is 14.4. The van der Waals surface area contributed by atoms with E-state index in [0.717, 1.165) is 12.8 Å². The van der Waals surface area contributed by atoms with E-state index in [1.54, 1.807) is 11.0 Å². The fraction of sp³-hybridized carbons (Fsp3) is 0.500. The van der Waals surface area contributed by atoms with Crippen LogP contribution in [0, 0.1) is 5.92 Å². The van der Waals surface area contributed by atoms with Crippen molar-refractivity contribution < 1.29 is 9.59 Å². The molecule has 4 nitrogen and oxygen atoms in total. The Labute approximate surface area is 129 Å². The number of nitrogens with one attached hydrogen (secondary N) is 1. The van der Waals surface area contributed by atoms with Gasteiger partial charge >= 0.3 is 0 Å². The summed E-state index contributed by atoms with van der Waals surface area (Å²) in [5.74, 6) is -0.297. The predicted molar refractivity (Wildman–Crippen MR) is 82.3 cm³/mol. The van der Waals surface area contributed by atoms with Crippen LogP contribution in [-0.2, 0) is 9.59 Å². The van der Waals surface area contributed by atoms with Crippen molar-refractivity contribution in [2.24, 2.45) is 5.92 Å².